The number of benzene rings is 2. The molecule has 136 valence electrons. The van der Waals surface area contributed by atoms with E-state index >= 15 is 0 Å². The topological polar surface area (TPSA) is 49.4 Å². The summed E-state index contributed by atoms with van der Waals surface area (Å²) in [4.78, 5) is 25.5. The average Bonchev–Trinajstić information content (AvgIpc) is 2.84. The SMILES string of the molecule is CC1(C)NC(=O)N(CCCSC(c2ccccc2)c2ccccc2)C1=O. The molecule has 2 aromatic carbocycles. The summed E-state index contributed by atoms with van der Waals surface area (Å²) in [5.41, 5.74) is 1.74. The molecule has 1 aliphatic rings. The van der Waals surface area contributed by atoms with E-state index in [9.17, 15) is 9.59 Å². The lowest BCUT2D eigenvalue weighted by Gasteiger charge is -2.19. The molecular formula is C21H24N2O2S. The molecule has 0 aromatic heterocycles. The first-order valence-electron chi connectivity index (χ1n) is 8.84. The Morgan fingerprint density at radius 3 is 1.96 bits per heavy atom. The predicted molar refractivity (Wildman–Crippen MR) is 106 cm³/mol. The molecule has 0 spiro atoms. The maximum absolute atomic E-state index is 12.2. The number of urea groups is 1. The molecule has 0 atom stereocenters. The van der Waals surface area contributed by atoms with Gasteiger partial charge in [-0.05, 0) is 37.1 Å². The van der Waals surface area contributed by atoms with Gasteiger partial charge in [0.1, 0.15) is 5.54 Å². The van der Waals surface area contributed by atoms with E-state index in [0.717, 1.165) is 12.2 Å². The van der Waals surface area contributed by atoms with Crippen LogP contribution in [0.25, 0.3) is 0 Å². The second kappa shape index (κ2) is 7.96. The van der Waals surface area contributed by atoms with E-state index < -0.39 is 5.54 Å². The lowest BCUT2D eigenvalue weighted by atomic mass is 10.0. The summed E-state index contributed by atoms with van der Waals surface area (Å²) < 4.78 is 0. The van der Waals surface area contributed by atoms with Crippen molar-refractivity contribution in [1.29, 1.82) is 0 Å². The van der Waals surface area contributed by atoms with Gasteiger partial charge in [0.05, 0.1) is 5.25 Å². The number of imide groups is 1. The molecule has 1 N–H and O–H groups in total. The van der Waals surface area contributed by atoms with Gasteiger partial charge in [-0.15, -0.1) is 11.8 Å². The molecule has 0 unspecified atom stereocenters. The average molecular weight is 369 g/mol. The van der Waals surface area contributed by atoms with Crippen molar-refractivity contribution >= 4 is 23.7 Å². The fraction of sp³-hybridized carbons (Fsp3) is 0.333. The molecule has 0 aliphatic carbocycles. The minimum Gasteiger partial charge on any atom is -0.324 e. The summed E-state index contributed by atoms with van der Waals surface area (Å²) in [5, 5.41) is 2.97. The van der Waals surface area contributed by atoms with Crippen molar-refractivity contribution in [3.8, 4) is 0 Å². The number of amides is 3. The second-order valence-electron chi connectivity index (χ2n) is 6.94. The van der Waals surface area contributed by atoms with E-state index in [2.05, 4.69) is 53.8 Å². The molecule has 1 heterocycles. The summed E-state index contributed by atoms with van der Waals surface area (Å²) >= 11 is 1.84. The molecule has 26 heavy (non-hydrogen) atoms. The van der Waals surface area contributed by atoms with E-state index in [-0.39, 0.29) is 17.2 Å². The minimum absolute atomic E-state index is 0.143. The van der Waals surface area contributed by atoms with Gasteiger partial charge < -0.3 is 5.32 Å². The molecule has 1 fully saturated rings. The first kappa shape index (κ1) is 18.5. The van der Waals surface area contributed by atoms with Gasteiger partial charge in [-0.1, -0.05) is 60.7 Å². The number of hydrogen-bond donors (Lipinski definition) is 1. The lowest BCUT2D eigenvalue weighted by Crippen LogP contribution is -2.40. The van der Waals surface area contributed by atoms with Crippen molar-refractivity contribution in [2.75, 3.05) is 12.3 Å². The quantitative estimate of drug-likeness (QED) is 0.588. The Morgan fingerprint density at radius 1 is 0.962 bits per heavy atom. The van der Waals surface area contributed by atoms with Crippen molar-refractivity contribution < 1.29 is 9.59 Å². The van der Waals surface area contributed by atoms with Crippen molar-refractivity contribution in [2.24, 2.45) is 0 Å². The normalized spacial score (nSPS) is 16.2. The third-order valence-corrected chi connectivity index (χ3v) is 5.86. The van der Waals surface area contributed by atoms with Crippen LogP contribution in [0.1, 0.15) is 36.6 Å². The second-order valence-corrected chi connectivity index (χ2v) is 8.15. The molecular weight excluding hydrogens is 344 g/mol. The third-order valence-electron chi connectivity index (χ3n) is 4.46. The van der Waals surface area contributed by atoms with Gasteiger partial charge >= 0.3 is 6.03 Å². The van der Waals surface area contributed by atoms with Crippen LogP contribution in [0.2, 0.25) is 0 Å². The number of rotatable bonds is 7. The van der Waals surface area contributed by atoms with Crippen LogP contribution in [0.5, 0.6) is 0 Å². The summed E-state index contributed by atoms with van der Waals surface area (Å²) in [6, 6.07) is 20.6. The molecule has 5 heteroatoms. The Bertz CT molecular complexity index is 723. The fourth-order valence-corrected chi connectivity index (χ4v) is 4.32. The van der Waals surface area contributed by atoms with Gasteiger partial charge in [-0.3, -0.25) is 9.69 Å². The standard InChI is InChI=1S/C21H24N2O2S/c1-21(2)19(24)23(20(25)22-21)14-9-15-26-18(16-10-5-3-6-11-16)17-12-7-4-8-13-17/h3-8,10-13,18H,9,14-15H2,1-2H3,(H,22,25). The first-order valence-corrected chi connectivity index (χ1v) is 9.89. The lowest BCUT2D eigenvalue weighted by molar-refractivity contribution is -0.130. The van der Waals surface area contributed by atoms with E-state index in [0.29, 0.717) is 6.54 Å². The molecule has 2 aromatic rings. The molecule has 1 saturated heterocycles. The third kappa shape index (κ3) is 4.10. The maximum atomic E-state index is 12.2. The van der Waals surface area contributed by atoms with Crippen LogP contribution >= 0.6 is 11.8 Å². The highest BCUT2D eigenvalue weighted by Gasteiger charge is 2.43. The largest absolute Gasteiger partial charge is 0.325 e. The Labute approximate surface area is 159 Å². The smallest absolute Gasteiger partial charge is 0.324 e. The van der Waals surface area contributed by atoms with E-state index in [1.165, 1.54) is 16.0 Å². The van der Waals surface area contributed by atoms with Gasteiger partial charge in [0.25, 0.3) is 5.91 Å². The van der Waals surface area contributed by atoms with Gasteiger partial charge in [0.15, 0.2) is 0 Å². The monoisotopic (exact) mass is 368 g/mol. The van der Waals surface area contributed by atoms with Crippen LogP contribution < -0.4 is 5.32 Å². The van der Waals surface area contributed by atoms with Crippen LogP contribution in [0, 0.1) is 0 Å². The highest BCUT2D eigenvalue weighted by molar-refractivity contribution is 7.99. The zero-order valence-corrected chi connectivity index (χ0v) is 16.0. The minimum atomic E-state index is -0.791. The van der Waals surface area contributed by atoms with Crippen LogP contribution in [-0.2, 0) is 4.79 Å². The molecule has 3 amide bonds. The van der Waals surface area contributed by atoms with Crippen LogP contribution in [0.3, 0.4) is 0 Å². The van der Waals surface area contributed by atoms with Crippen LogP contribution in [0.4, 0.5) is 4.79 Å². The summed E-state index contributed by atoms with van der Waals surface area (Å²) in [6.07, 6.45) is 0.774. The van der Waals surface area contributed by atoms with E-state index in [1.54, 1.807) is 13.8 Å². The summed E-state index contributed by atoms with van der Waals surface area (Å²) in [7, 11) is 0. The fourth-order valence-electron chi connectivity index (χ4n) is 3.09. The Morgan fingerprint density at radius 2 is 1.50 bits per heavy atom. The number of carbonyl (C=O) groups excluding carboxylic acids is 2. The summed E-state index contributed by atoms with van der Waals surface area (Å²) in [6.45, 7) is 3.93. The van der Waals surface area contributed by atoms with Crippen LogP contribution in [0.15, 0.2) is 60.7 Å². The van der Waals surface area contributed by atoms with Gasteiger partial charge in [-0.25, -0.2) is 4.79 Å². The zero-order chi connectivity index (χ0) is 18.6. The van der Waals surface area contributed by atoms with Crippen molar-refractivity contribution in [1.82, 2.24) is 10.2 Å². The van der Waals surface area contributed by atoms with Gasteiger partial charge in [0.2, 0.25) is 0 Å². The highest BCUT2D eigenvalue weighted by atomic mass is 32.2. The van der Waals surface area contributed by atoms with E-state index in [4.69, 9.17) is 0 Å². The Kier molecular flexibility index (Phi) is 5.67. The highest BCUT2D eigenvalue weighted by Crippen LogP contribution is 2.35. The predicted octanol–water partition coefficient (Wildman–Crippen LogP) is 4.23. The molecule has 1 aliphatic heterocycles. The molecule has 0 radical (unpaired) electrons. The first-order chi connectivity index (χ1) is 12.5. The van der Waals surface area contributed by atoms with Crippen molar-refractivity contribution in [3.05, 3.63) is 71.8 Å². The Balaban J connectivity index is 1.61. The molecule has 0 saturated carbocycles. The van der Waals surface area contributed by atoms with Crippen molar-refractivity contribution in [2.45, 2.75) is 31.1 Å². The number of nitrogens with zero attached hydrogens (tertiary/aromatic N) is 1. The van der Waals surface area contributed by atoms with Crippen molar-refractivity contribution in [3.63, 3.8) is 0 Å². The maximum Gasteiger partial charge on any atom is 0.325 e. The number of thioether (sulfide) groups is 1. The van der Waals surface area contributed by atoms with Gasteiger partial charge in [0, 0.05) is 6.54 Å². The molecule has 3 rings (SSSR count). The Hall–Kier alpha value is -2.27. The summed E-state index contributed by atoms with van der Waals surface area (Å²) in [5.74, 6) is 0.724. The van der Waals surface area contributed by atoms with Gasteiger partial charge in [-0.2, -0.15) is 0 Å². The van der Waals surface area contributed by atoms with E-state index in [1.807, 2.05) is 23.9 Å². The zero-order valence-electron chi connectivity index (χ0n) is 15.1. The number of nitrogens with one attached hydrogen (secondary N) is 1. The van der Waals surface area contributed by atoms with Crippen LogP contribution in [-0.4, -0.2) is 34.7 Å². The molecule has 4 nitrogen and oxygen atoms in total. The number of carbonyl (C=O) groups is 2. The number of hydrogen-bond acceptors (Lipinski definition) is 3. The molecule has 0 bridgehead atoms.